The summed E-state index contributed by atoms with van der Waals surface area (Å²) < 4.78 is 5.15. The molecule has 0 aliphatic carbocycles. The van der Waals surface area contributed by atoms with Gasteiger partial charge < -0.3 is 14.7 Å². The average molecular weight is 285 g/mol. The van der Waals surface area contributed by atoms with Gasteiger partial charge >= 0.3 is 5.97 Å². The molecule has 1 saturated heterocycles. The van der Waals surface area contributed by atoms with Crippen molar-refractivity contribution in [1.82, 2.24) is 4.90 Å². The van der Waals surface area contributed by atoms with Gasteiger partial charge in [-0.25, -0.2) is 0 Å². The van der Waals surface area contributed by atoms with Crippen molar-refractivity contribution >= 4 is 5.97 Å². The molecule has 1 N–H and O–H groups in total. The zero-order valence-electron chi connectivity index (χ0n) is 13.5. The molecule has 20 heavy (non-hydrogen) atoms. The fourth-order valence-corrected chi connectivity index (χ4v) is 3.13. The fraction of sp³-hybridized carbons (Fsp3) is 0.938. The second-order valence-electron chi connectivity index (χ2n) is 6.39. The standard InChI is InChI=1S/C16H31NO3/c1-5-7-14(15(18)20-6-2)16(19)8-10-17(11-9-16)12-13(3)4/h13-14,19H,5-12H2,1-4H3. The van der Waals surface area contributed by atoms with Gasteiger partial charge in [-0.2, -0.15) is 0 Å². The Hall–Kier alpha value is -0.610. The monoisotopic (exact) mass is 285 g/mol. The summed E-state index contributed by atoms with van der Waals surface area (Å²) in [5.74, 6) is 0.0421. The van der Waals surface area contributed by atoms with Crippen LogP contribution in [0.4, 0.5) is 0 Å². The van der Waals surface area contributed by atoms with Crippen LogP contribution in [0.5, 0.6) is 0 Å². The first-order valence-corrected chi connectivity index (χ1v) is 8.04. The molecular formula is C16H31NO3. The summed E-state index contributed by atoms with van der Waals surface area (Å²) in [7, 11) is 0. The zero-order chi connectivity index (χ0) is 15.2. The third-order valence-electron chi connectivity index (χ3n) is 4.14. The third kappa shape index (κ3) is 4.74. The molecule has 0 bridgehead atoms. The predicted molar refractivity (Wildman–Crippen MR) is 80.5 cm³/mol. The number of carbonyl (C=O) groups excluding carboxylic acids is 1. The Kier molecular flexibility index (Phi) is 6.96. The molecule has 4 heteroatoms. The van der Waals surface area contributed by atoms with Crippen molar-refractivity contribution in [3.8, 4) is 0 Å². The van der Waals surface area contributed by atoms with Crippen LogP contribution in [0.2, 0.25) is 0 Å². The Morgan fingerprint density at radius 1 is 1.30 bits per heavy atom. The molecule has 1 aliphatic rings. The predicted octanol–water partition coefficient (Wildman–Crippen LogP) is 2.45. The van der Waals surface area contributed by atoms with E-state index >= 15 is 0 Å². The van der Waals surface area contributed by atoms with Gasteiger partial charge in [0.05, 0.1) is 18.1 Å². The van der Waals surface area contributed by atoms with Crippen molar-refractivity contribution in [3.05, 3.63) is 0 Å². The Morgan fingerprint density at radius 2 is 1.90 bits per heavy atom. The molecular weight excluding hydrogens is 254 g/mol. The zero-order valence-corrected chi connectivity index (χ0v) is 13.5. The highest BCUT2D eigenvalue weighted by molar-refractivity contribution is 5.73. The summed E-state index contributed by atoms with van der Waals surface area (Å²) in [4.78, 5) is 14.5. The van der Waals surface area contributed by atoms with E-state index in [1.807, 2.05) is 13.8 Å². The van der Waals surface area contributed by atoms with E-state index in [4.69, 9.17) is 4.74 Å². The van der Waals surface area contributed by atoms with Crippen molar-refractivity contribution in [1.29, 1.82) is 0 Å². The lowest BCUT2D eigenvalue weighted by Gasteiger charge is -2.42. The van der Waals surface area contributed by atoms with E-state index in [0.717, 1.165) is 26.1 Å². The van der Waals surface area contributed by atoms with Crippen molar-refractivity contribution in [3.63, 3.8) is 0 Å². The van der Waals surface area contributed by atoms with Crippen LogP contribution in [-0.2, 0) is 9.53 Å². The number of hydrogen-bond donors (Lipinski definition) is 1. The Morgan fingerprint density at radius 3 is 2.35 bits per heavy atom. The van der Waals surface area contributed by atoms with Gasteiger partial charge in [-0.1, -0.05) is 27.2 Å². The van der Waals surface area contributed by atoms with Gasteiger partial charge in [0.15, 0.2) is 0 Å². The van der Waals surface area contributed by atoms with E-state index < -0.39 is 5.60 Å². The molecule has 1 heterocycles. The maximum atomic E-state index is 12.1. The largest absolute Gasteiger partial charge is 0.466 e. The number of hydrogen-bond acceptors (Lipinski definition) is 4. The van der Waals surface area contributed by atoms with Crippen LogP contribution in [0, 0.1) is 11.8 Å². The number of likely N-dealkylation sites (tertiary alicyclic amines) is 1. The van der Waals surface area contributed by atoms with Crippen LogP contribution in [0.1, 0.15) is 53.4 Å². The molecule has 1 atom stereocenters. The van der Waals surface area contributed by atoms with E-state index in [0.29, 0.717) is 31.8 Å². The molecule has 0 aromatic carbocycles. The second kappa shape index (κ2) is 7.99. The summed E-state index contributed by atoms with van der Waals surface area (Å²) in [5.41, 5.74) is -0.879. The lowest BCUT2D eigenvalue weighted by Crippen LogP contribution is -2.52. The first-order valence-electron chi connectivity index (χ1n) is 8.04. The first-order chi connectivity index (χ1) is 9.42. The molecule has 0 radical (unpaired) electrons. The minimum atomic E-state index is -0.879. The van der Waals surface area contributed by atoms with Crippen LogP contribution in [0.3, 0.4) is 0 Å². The molecule has 1 fully saturated rings. The van der Waals surface area contributed by atoms with E-state index in [-0.39, 0.29) is 11.9 Å². The fourth-order valence-electron chi connectivity index (χ4n) is 3.13. The van der Waals surface area contributed by atoms with Gasteiger partial charge in [-0.15, -0.1) is 0 Å². The van der Waals surface area contributed by atoms with Crippen molar-refractivity contribution in [2.45, 2.75) is 59.0 Å². The van der Waals surface area contributed by atoms with Crippen LogP contribution in [-0.4, -0.2) is 47.8 Å². The lowest BCUT2D eigenvalue weighted by atomic mass is 9.77. The van der Waals surface area contributed by atoms with Gasteiger partial charge in [-0.3, -0.25) is 4.79 Å². The molecule has 0 spiro atoms. The van der Waals surface area contributed by atoms with Crippen molar-refractivity contribution < 1.29 is 14.6 Å². The Bertz CT molecular complexity index is 296. The molecule has 1 rings (SSSR count). The molecule has 0 saturated carbocycles. The highest BCUT2D eigenvalue weighted by Crippen LogP contribution is 2.34. The van der Waals surface area contributed by atoms with Gasteiger partial charge in [0.25, 0.3) is 0 Å². The SMILES string of the molecule is CCCC(C(=O)OCC)C1(O)CCN(CC(C)C)CC1. The lowest BCUT2D eigenvalue weighted by molar-refractivity contribution is -0.163. The van der Waals surface area contributed by atoms with E-state index in [1.165, 1.54) is 0 Å². The summed E-state index contributed by atoms with van der Waals surface area (Å²) in [6.07, 6.45) is 2.94. The van der Waals surface area contributed by atoms with Gasteiger partial charge in [0.1, 0.15) is 0 Å². The highest BCUT2D eigenvalue weighted by Gasteiger charge is 2.43. The van der Waals surface area contributed by atoms with Gasteiger partial charge in [0.2, 0.25) is 0 Å². The normalized spacial score (nSPS) is 20.9. The molecule has 0 aromatic heterocycles. The van der Waals surface area contributed by atoms with Crippen LogP contribution >= 0.6 is 0 Å². The van der Waals surface area contributed by atoms with Crippen molar-refractivity contribution in [2.24, 2.45) is 11.8 Å². The average Bonchev–Trinajstić information content (AvgIpc) is 2.38. The third-order valence-corrected chi connectivity index (χ3v) is 4.14. The summed E-state index contributed by atoms with van der Waals surface area (Å²) in [6, 6.07) is 0. The van der Waals surface area contributed by atoms with Crippen LogP contribution < -0.4 is 0 Å². The number of nitrogens with zero attached hydrogens (tertiary/aromatic N) is 1. The number of piperidine rings is 1. The van der Waals surface area contributed by atoms with Gasteiger partial charge in [0, 0.05) is 19.6 Å². The van der Waals surface area contributed by atoms with Crippen LogP contribution in [0.15, 0.2) is 0 Å². The minimum Gasteiger partial charge on any atom is -0.466 e. The highest BCUT2D eigenvalue weighted by atomic mass is 16.5. The first kappa shape index (κ1) is 17.4. The van der Waals surface area contributed by atoms with Crippen LogP contribution in [0.25, 0.3) is 0 Å². The molecule has 0 amide bonds. The van der Waals surface area contributed by atoms with E-state index in [2.05, 4.69) is 18.7 Å². The Balaban J connectivity index is 2.64. The second-order valence-corrected chi connectivity index (χ2v) is 6.39. The molecule has 0 aromatic rings. The maximum absolute atomic E-state index is 12.1. The molecule has 118 valence electrons. The molecule has 1 aliphatic heterocycles. The quantitative estimate of drug-likeness (QED) is 0.730. The number of rotatable bonds is 7. The summed E-state index contributed by atoms with van der Waals surface area (Å²) in [5, 5.41) is 10.9. The summed E-state index contributed by atoms with van der Waals surface area (Å²) in [6.45, 7) is 11.5. The van der Waals surface area contributed by atoms with Gasteiger partial charge in [-0.05, 0) is 32.1 Å². The number of aliphatic hydroxyl groups is 1. The molecule has 4 nitrogen and oxygen atoms in total. The topological polar surface area (TPSA) is 49.8 Å². The molecule has 1 unspecified atom stereocenters. The van der Waals surface area contributed by atoms with Crippen molar-refractivity contribution in [2.75, 3.05) is 26.2 Å². The maximum Gasteiger partial charge on any atom is 0.311 e. The summed E-state index contributed by atoms with van der Waals surface area (Å²) >= 11 is 0. The minimum absolute atomic E-state index is 0.228. The Labute approximate surface area is 123 Å². The number of esters is 1. The van der Waals surface area contributed by atoms with E-state index in [1.54, 1.807) is 0 Å². The number of ether oxygens (including phenoxy) is 1. The number of carbonyl (C=O) groups is 1. The van der Waals surface area contributed by atoms with E-state index in [9.17, 15) is 9.90 Å². The smallest absolute Gasteiger partial charge is 0.311 e.